The number of carbonyl (C=O) groups is 1. The molecule has 0 spiro atoms. The van der Waals surface area contributed by atoms with Crippen LogP contribution < -0.4 is 14.8 Å². The normalized spacial score (nSPS) is 11.9. The van der Waals surface area contributed by atoms with Gasteiger partial charge in [-0.05, 0) is 59.5 Å². The van der Waals surface area contributed by atoms with Crippen LogP contribution in [-0.2, 0) is 11.3 Å². The minimum absolute atomic E-state index is 0.00223. The van der Waals surface area contributed by atoms with Crippen LogP contribution in [-0.4, -0.2) is 20.1 Å². The number of amides is 1. The monoisotopic (exact) mass is 363 g/mol. The fraction of sp³-hybridized carbons (Fsp3) is 0.261. The zero-order valence-electron chi connectivity index (χ0n) is 16.2. The molecule has 0 aliphatic carbocycles. The number of aryl methyl sites for hydroxylation is 1. The molecule has 0 aromatic heterocycles. The zero-order chi connectivity index (χ0) is 19.4. The van der Waals surface area contributed by atoms with Crippen LogP contribution in [0.5, 0.6) is 11.5 Å². The Bertz CT molecular complexity index is 965. The van der Waals surface area contributed by atoms with Crippen LogP contribution in [0, 0.1) is 6.92 Å². The molecule has 4 heteroatoms. The molecule has 0 aliphatic heterocycles. The van der Waals surface area contributed by atoms with Crippen LogP contribution in [0.2, 0.25) is 0 Å². The molecule has 3 aromatic carbocycles. The van der Waals surface area contributed by atoms with E-state index in [1.54, 1.807) is 14.2 Å². The van der Waals surface area contributed by atoms with Crippen molar-refractivity contribution in [3.05, 3.63) is 71.3 Å². The van der Waals surface area contributed by atoms with Crippen LogP contribution in [0.4, 0.5) is 0 Å². The molecule has 0 saturated carbocycles. The molecule has 1 atom stereocenters. The topological polar surface area (TPSA) is 47.6 Å². The molecule has 0 heterocycles. The van der Waals surface area contributed by atoms with Crippen LogP contribution in [0.1, 0.15) is 29.5 Å². The number of ether oxygens (including phenoxy) is 2. The summed E-state index contributed by atoms with van der Waals surface area (Å²) in [6.45, 7) is 4.40. The third-order valence-corrected chi connectivity index (χ3v) is 4.90. The van der Waals surface area contributed by atoms with Gasteiger partial charge in [-0.3, -0.25) is 4.79 Å². The molecule has 3 aromatic rings. The van der Waals surface area contributed by atoms with E-state index in [0.29, 0.717) is 6.54 Å². The molecule has 0 fully saturated rings. The summed E-state index contributed by atoms with van der Waals surface area (Å²) < 4.78 is 10.6. The number of benzene rings is 3. The summed E-state index contributed by atoms with van der Waals surface area (Å²) in [6, 6.07) is 18.0. The average molecular weight is 363 g/mol. The number of nitrogens with one attached hydrogen (secondary N) is 1. The van der Waals surface area contributed by atoms with Crippen LogP contribution >= 0.6 is 0 Å². The van der Waals surface area contributed by atoms with Crippen molar-refractivity contribution >= 4 is 16.7 Å². The first kappa shape index (κ1) is 18.8. The van der Waals surface area contributed by atoms with E-state index in [0.717, 1.165) is 39.0 Å². The Morgan fingerprint density at radius 2 is 1.70 bits per heavy atom. The highest BCUT2D eigenvalue weighted by molar-refractivity contribution is 5.88. The summed E-state index contributed by atoms with van der Waals surface area (Å²) >= 11 is 0. The number of rotatable bonds is 6. The Labute approximate surface area is 160 Å². The second kappa shape index (κ2) is 8.12. The lowest BCUT2D eigenvalue weighted by Gasteiger charge is -2.14. The van der Waals surface area contributed by atoms with Gasteiger partial charge in [-0.25, -0.2) is 0 Å². The minimum Gasteiger partial charge on any atom is -0.497 e. The van der Waals surface area contributed by atoms with Crippen molar-refractivity contribution in [2.24, 2.45) is 0 Å². The van der Waals surface area contributed by atoms with Crippen molar-refractivity contribution in [3.63, 3.8) is 0 Å². The molecule has 3 rings (SSSR count). The molecule has 0 bridgehead atoms. The van der Waals surface area contributed by atoms with Crippen molar-refractivity contribution in [2.45, 2.75) is 26.3 Å². The molecule has 27 heavy (non-hydrogen) atoms. The molecule has 1 amide bonds. The summed E-state index contributed by atoms with van der Waals surface area (Å²) in [5.41, 5.74) is 3.09. The van der Waals surface area contributed by atoms with E-state index in [9.17, 15) is 4.79 Å². The van der Waals surface area contributed by atoms with Crippen molar-refractivity contribution in [2.75, 3.05) is 14.2 Å². The lowest BCUT2D eigenvalue weighted by Crippen LogP contribution is -2.27. The van der Waals surface area contributed by atoms with Gasteiger partial charge in [0, 0.05) is 6.54 Å². The zero-order valence-corrected chi connectivity index (χ0v) is 16.2. The molecule has 140 valence electrons. The Balaban J connectivity index is 1.70. The van der Waals surface area contributed by atoms with Gasteiger partial charge < -0.3 is 14.8 Å². The quantitative estimate of drug-likeness (QED) is 0.697. The number of fused-ring (bicyclic) bond motifs is 1. The van der Waals surface area contributed by atoms with Crippen molar-refractivity contribution < 1.29 is 14.3 Å². The van der Waals surface area contributed by atoms with Crippen molar-refractivity contribution in [1.29, 1.82) is 0 Å². The van der Waals surface area contributed by atoms with E-state index < -0.39 is 0 Å². The molecular formula is C23H25NO3. The van der Waals surface area contributed by atoms with E-state index >= 15 is 0 Å². The molecule has 4 nitrogen and oxygen atoms in total. The van der Waals surface area contributed by atoms with Gasteiger partial charge in [0.2, 0.25) is 5.91 Å². The Hall–Kier alpha value is -3.01. The lowest BCUT2D eigenvalue weighted by atomic mass is 9.97. The second-order valence-electron chi connectivity index (χ2n) is 6.72. The Morgan fingerprint density at radius 1 is 0.963 bits per heavy atom. The number of hydrogen-bond acceptors (Lipinski definition) is 3. The number of carbonyl (C=O) groups excluding carboxylic acids is 1. The second-order valence-corrected chi connectivity index (χ2v) is 6.72. The van der Waals surface area contributed by atoms with Gasteiger partial charge in [0.25, 0.3) is 0 Å². The average Bonchev–Trinajstić information content (AvgIpc) is 2.71. The van der Waals surface area contributed by atoms with Crippen LogP contribution in [0.15, 0.2) is 54.6 Å². The summed E-state index contributed by atoms with van der Waals surface area (Å²) in [5, 5.41) is 5.21. The molecule has 0 saturated heterocycles. The van der Waals surface area contributed by atoms with E-state index in [4.69, 9.17) is 9.47 Å². The fourth-order valence-corrected chi connectivity index (χ4v) is 3.11. The smallest absolute Gasteiger partial charge is 0.227 e. The Morgan fingerprint density at radius 3 is 2.44 bits per heavy atom. The minimum atomic E-state index is -0.233. The molecule has 1 N–H and O–H groups in total. The maximum Gasteiger partial charge on any atom is 0.227 e. The predicted octanol–water partition coefficient (Wildman–Crippen LogP) is 4.59. The number of hydrogen-bond donors (Lipinski definition) is 1. The largest absolute Gasteiger partial charge is 0.497 e. The van der Waals surface area contributed by atoms with Gasteiger partial charge in [0.15, 0.2) is 0 Å². The maximum absolute atomic E-state index is 12.6. The highest BCUT2D eigenvalue weighted by Gasteiger charge is 2.15. The third-order valence-electron chi connectivity index (χ3n) is 4.90. The van der Waals surface area contributed by atoms with Crippen LogP contribution in [0.3, 0.4) is 0 Å². The molecular weight excluding hydrogens is 338 g/mol. The van der Waals surface area contributed by atoms with Crippen LogP contribution in [0.25, 0.3) is 10.8 Å². The van der Waals surface area contributed by atoms with Gasteiger partial charge in [-0.2, -0.15) is 0 Å². The summed E-state index contributed by atoms with van der Waals surface area (Å²) in [6.07, 6.45) is 0. The van der Waals surface area contributed by atoms with Gasteiger partial charge in [0.05, 0.1) is 20.1 Å². The summed E-state index contributed by atoms with van der Waals surface area (Å²) in [7, 11) is 3.31. The molecule has 0 aliphatic rings. The summed E-state index contributed by atoms with van der Waals surface area (Å²) in [4.78, 5) is 12.6. The first-order valence-electron chi connectivity index (χ1n) is 9.00. The SMILES string of the molecule is COc1ccc2cc([C@H](C)C(=O)NCc3ccc(C)c(OC)c3)ccc2c1. The van der Waals surface area contributed by atoms with Gasteiger partial charge in [-0.15, -0.1) is 0 Å². The maximum atomic E-state index is 12.6. The number of methoxy groups -OCH3 is 2. The highest BCUT2D eigenvalue weighted by Crippen LogP contribution is 2.25. The molecule has 0 unspecified atom stereocenters. The van der Waals surface area contributed by atoms with Crippen molar-refractivity contribution in [1.82, 2.24) is 5.32 Å². The fourth-order valence-electron chi connectivity index (χ4n) is 3.11. The van der Waals surface area contributed by atoms with E-state index in [-0.39, 0.29) is 11.8 Å². The highest BCUT2D eigenvalue weighted by atomic mass is 16.5. The van der Waals surface area contributed by atoms with E-state index in [1.165, 1.54) is 0 Å². The van der Waals surface area contributed by atoms with Gasteiger partial charge >= 0.3 is 0 Å². The standard InChI is InChI=1S/C23H25NO3/c1-15-5-6-17(11-22(15)27-4)14-24-23(25)16(2)18-7-8-20-13-21(26-3)10-9-19(20)12-18/h5-13,16H,14H2,1-4H3,(H,24,25)/t16-/m0/s1. The molecule has 0 radical (unpaired) electrons. The van der Waals surface area contributed by atoms with Crippen molar-refractivity contribution in [3.8, 4) is 11.5 Å². The lowest BCUT2D eigenvalue weighted by molar-refractivity contribution is -0.122. The third kappa shape index (κ3) is 4.22. The first-order valence-corrected chi connectivity index (χ1v) is 9.00. The Kier molecular flexibility index (Phi) is 5.65. The van der Waals surface area contributed by atoms with Gasteiger partial charge in [-0.1, -0.05) is 36.4 Å². The van der Waals surface area contributed by atoms with E-state index in [1.807, 2.05) is 62.4 Å². The predicted molar refractivity (Wildman–Crippen MR) is 108 cm³/mol. The van der Waals surface area contributed by atoms with E-state index in [2.05, 4.69) is 11.4 Å². The summed E-state index contributed by atoms with van der Waals surface area (Å²) in [5.74, 6) is 1.43. The first-order chi connectivity index (χ1) is 13.0. The van der Waals surface area contributed by atoms with Gasteiger partial charge in [0.1, 0.15) is 11.5 Å².